The second-order valence-corrected chi connectivity index (χ2v) is 4.61. The predicted molar refractivity (Wildman–Crippen MR) is 80.2 cm³/mol. The van der Waals surface area contributed by atoms with Gasteiger partial charge >= 0.3 is 0 Å². The molecule has 4 rings (SSSR count). The normalized spacial score (nSPS) is 10.5. The van der Waals surface area contributed by atoms with Gasteiger partial charge in [-0.3, -0.25) is 9.97 Å². The molecular formula is C18H10N2Y-2. The molecule has 0 N–H and O–H groups in total. The second kappa shape index (κ2) is 6.01. The molecule has 1 radical (unpaired) electrons. The van der Waals surface area contributed by atoms with Crippen LogP contribution >= 0.6 is 0 Å². The van der Waals surface area contributed by atoms with Crippen molar-refractivity contribution in [1.29, 1.82) is 0 Å². The molecule has 0 unspecified atom stereocenters. The largest absolute Gasteiger partial charge is 0.277 e. The molecule has 2 aromatic heterocycles. The number of benzene rings is 2. The van der Waals surface area contributed by atoms with Crippen LogP contribution in [0.25, 0.3) is 32.9 Å². The third-order valence-corrected chi connectivity index (χ3v) is 3.38. The van der Waals surface area contributed by atoms with Gasteiger partial charge in [-0.1, -0.05) is 23.6 Å². The maximum Gasteiger partial charge on any atom is 0.0247 e. The smallest absolute Gasteiger partial charge is 0.0247 e. The molecule has 2 aromatic carbocycles. The van der Waals surface area contributed by atoms with Crippen LogP contribution in [0.5, 0.6) is 0 Å². The van der Waals surface area contributed by atoms with Crippen LogP contribution in [0.15, 0.2) is 60.9 Å². The topological polar surface area (TPSA) is 25.8 Å². The standard InChI is InChI=1S/C18H10N2.Y/c1-5-15(16-6-3-11-19-17(16)7-1)14-9-8-13-4-2-10-20-18(13)12-14;/h1-4,6-8,10-12H;/q-2;. The number of aromatic nitrogens is 2. The molecule has 0 aliphatic carbocycles. The average Bonchev–Trinajstić information content (AvgIpc) is 2.54. The number of hydrogen-bond donors (Lipinski definition) is 0. The minimum absolute atomic E-state index is 0. The van der Waals surface area contributed by atoms with Crippen molar-refractivity contribution in [1.82, 2.24) is 9.97 Å². The van der Waals surface area contributed by atoms with E-state index in [-0.39, 0.29) is 32.7 Å². The minimum atomic E-state index is 0. The van der Waals surface area contributed by atoms with Gasteiger partial charge in [0.25, 0.3) is 0 Å². The fourth-order valence-electron chi connectivity index (χ4n) is 2.42. The first-order valence-electron chi connectivity index (χ1n) is 6.44. The maximum atomic E-state index is 4.40. The van der Waals surface area contributed by atoms with E-state index in [9.17, 15) is 0 Å². The van der Waals surface area contributed by atoms with Gasteiger partial charge in [0.05, 0.1) is 0 Å². The van der Waals surface area contributed by atoms with Crippen molar-refractivity contribution < 1.29 is 32.7 Å². The Morgan fingerprint density at radius 1 is 0.857 bits per heavy atom. The van der Waals surface area contributed by atoms with E-state index in [4.69, 9.17) is 0 Å². The van der Waals surface area contributed by atoms with Crippen molar-refractivity contribution in [3.63, 3.8) is 0 Å². The van der Waals surface area contributed by atoms with Crippen molar-refractivity contribution in [2.75, 3.05) is 0 Å². The van der Waals surface area contributed by atoms with Gasteiger partial charge in [0, 0.05) is 45.1 Å². The summed E-state index contributed by atoms with van der Waals surface area (Å²) in [5.41, 5.74) is 3.95. The molecule has 0 saturated heterocycles. The van der Waals surface area contributed by atoms with Gasteiger partial charge < -0.3 is 0 Å². The van der Waals surface area contributed by atoms with Crippen LogP contribution in [0.4, 0.5) is 0 Å². The van der Waals surface area contributed by atoms with Crippen LogP contribution in [-0.4, -0.2) is 9.97 Å². The van der Waals surface area contributed by atoms with Gasteiger partial charge in [0.15, 0.2) is 0 Å². The summed E-state index contributed by atoms with van der Waals surface area (Å²) in [6, 6.07) is 22.5. The van der Waals surface area contributed by atoms with Crippen molar-refractivity contribution in [2.24, 2.45) is 0 Å². The Balaban J connectivity index is 0.00000132. The zero-order chi connectivity index (χ0) is 13.4. The molecule has 2 nitrogen and oxygen atoms in total. The molecule has 0 spiro atoms. The van der Waals surface area contributed by atoms with Crippen LogP contribution in [0.1, 0.15) is 0 Å². The SMILES string of the molecule is [Y].[c-]1cc2cccnc2cc1-c1[c-]ccc2ncccc12. The number of fused-ring (bicyclic) bond motifs is 2. The Hall–Kier alpha value is -1.64. The van der Waals surface area contributed by atoms with E-state index < -0.39 is 0 Å². The minimum Gasteiger partial charge on any atom is -0.277 e. The van der Waals surface area contributed by atoms with Crippen molar-refractivity contribution in [3.8, 4) is 11.1 Å². The molecule has 97 valence electrons. The molecule has 21 heavy (non-hydrogen) atoms. The molecule has 4 aromatic rings. The van der Waals surface area contributed by atoms with Gasteiger partial charge in [-0.05, 0) is 11.0 Å². The Morgan fingerprint density at radius 3 is 2.57 bits per heavy atom. The fourth-order valence-corrected chi connectivity index (χ4v) is 2.42. The van der Waals surface area contributed by atoms with Crippen molar-refractivity contribution in [2.45, 2.75) is 0 Å². The fraction of sp³-hybridized carbons (Fsp3) is 0. The molecular weight excluding hydrogens is 333 g/mol. The second-order valence-electron chi connectivity index (χ2n) is 4.61. The van der Waals surface area contributed by atoms with Gasteiger partial charge in [-0.15, -0.1) is 23.6 Å². The van der Waals surface area contributed by atoms with E-state index in [0.29, 0.717) is 0 Å². The van der Waals surface area contributed by atoms with Crippen LogP contribution in [-0.2, 0) is 32.7 Å². The summed E-state index contributed by atoms with van der Waals surface area (Å²) in [6.45, 7) is 0. The van der Waals surface area contributed by atoms with Crippen molar-refractivity contribution >= 4 is 21.8 Å². The molecule has 3 heteroatoms. The molecule has 0 saturated carbocycles. The van der Waals surface area contributed by atoms with E-state index in [0.717, 1.165) is 32.9 Å². The summed E-state index contributed by atoms with van der Waals surface area (Å²) in [6.07, 6.45) is 3.61. The summed E-state index contributed by atoms with van der Waals surface area (Å²) >= 11 is 0. The zero-order valence-electron chi connectivity index (χ0n) is 11.2. The van der Waals surface area contributed by atoms with Crippen molar-refractivity contribution in [3.05, 3.63) is 73.1 Å². The summed E-state index contributed by atoms with van der Waals surface area (Å²) in [4.78, 5) is 8.78. The van der Waals surface area contributed by atoms with E-state index in [1.807, 2.05) is 42.5 Å². The summed E-state index contributed by atoms with van der Waals surface area (Å²) in [7, 11) is 0. The number of pyridine rings is 2. The summed E-state index contributed by atoms with van der Waals surface area (Å²) < 4.78 is 0. The molecule has 0 fully saturated rings. The van der Waals surface area contributed by atoms with Gasteiger partial charge in [0.1, 0.15) is 0 Å². The third-order valence-electron chi connectivity index (χ3n) is 3.38. The summed E-state index contributed by atoms with van der Waals surface area (Å²) in [5, 5.41) is 2.18. The molecule has 0 aliphatic heterocycles. The van der Waals surface area contributed by atoms with Gasteiger partial charge in [0.2, 0.25) is 0 Å². The van der Waals surface area contributed by atoms with Crippen LogP contribution in [0, 0.1) is 12.1 Å². The Kier molecular flexibility index (Phi) is 4.09. The first kappa shape index (κ1) is 14.3. The molecule has 0 atom stereocenters. The predicted octanol–water partition coefficient (Wildman–Crippen LogP) is 4.05. The van der Waals surface area contributed by atoms with E-state index in [1.54, 1.807) is 12.4 Å². The first-order valence-corrected chi connectivity index (χ1v) is 6.44. The zero-order valence-corrected chi connectivity index (χ0v) is 14.1. The summed E-state index contributed by atoms with van der Waals surface area (Å²) in [5.74, 6) is 0. The average molecular weight is 343 g/mol. The van der Waals surface area contributed by atoms with E-state index >= 15 is 0 Å². The quantitative estimate of drug-likeness (QED) is 0.488. The van der Waals surface area contributed by atoms with Gasteiger partial charge in [-0.25, -0.2) is 11.1 Å². The Morgan fingerprint density at radius 2 is 1.67 bits per heavy atom. The maximum absolute atomic E-state index is 4.40. The van der Waals surface area contributed by atoms with E-state index in [1.165, 1.54) is 0 Å². The third kappa shape index (κ3) is 2.62. The first-order chi connectivity index (χ1) is 9.92. The molecule has 0 aliphatic rings. The van der Waals surface area contributed by atoms with Gasteiger partial charge in [-0.2, -0.15) is 24.3 Å². The Labute approximate surface area is 148 Å². The number of hydrogen-bond acceptors (Lipinski definition) is 2. The van der Waals surface area contributed by atoms with E-state index in [2.05, 4.69) is 28.2 Å². The molecule has 0 amide bonds. The number of rotatable bonds is 1. The van der Waals surface area contributed by atoms with Crippen LogP contribution in [0.3, 0.4) is 0 Å². The molecule has 0 bridgehead atoms. The van der Waals surface area contributed by atoms with Crippen LogP contribution in [0.2, 0.25) is 0 Å². The number of nitrogens with zero attached hydrogens (tertiary/aromatic N) is 2. The van der Waals surface area contributed by atoms with Crippen LogP contribution < -0.4 is 0 Å². The monoisotopic (exact) mass is 343 g/mol. The molecule has 2 heterocycles. The Bertz CT molecular complexity index is 913.